The van der Waals surface area contributed by atoms with E-state index in [0.717, 1.165) is 65.9 Å². The third kappa shape index (κ3) is 23.8. The molecule has 1 fully saturated rings. The zero-order valence-corrected chi connectivity index (χ0v) is 46.6. The number of fused-ring (bicyclic) bond motifs is 1. The number of nitrogen functional groups attached to an aromatic ring is 1. The highest BCUT2D eigenvalue weighted by Crippen LogP contribution is 2.33. The summed E-state index contributed by atoms with van der Waals surface area (Å²) in [6, 6.07) is 31.9. The quantitative estimate of drug-likeness (QED) is 0.0362. The maximum absolute atomic E-state index is 12.1. The third-order valence-electron chi connectivity index (χ3n) is 12.0. The summed E-state index contributed by atoms with van der Waals surface area (Å²) >= 11 is 7.20. The first-order valence-corrected chi connectivity index (χ1v) is 27.2. The fraction of sp³-hybridized carbons (Fsp3) is 0.424. The Kier molecular flexibility index (Phi) is 30.6. The molecule has 1 unspecified atom stereocenters. The molecule has 2 atom stereocenters. The summed E-state index contributed by atoms with van der Waals surface area (Å²) in [7, 11) is 4.15. The van der Waals surface area contributed by atoms with E-state index in [1.807, 2.05) is 55.9 Å². The number of likely N-dealkylation sites (tertiary alicyclic amines) is 1. The molecule has 16 heteroatoms. The Morgan fingerprint density at radius 2 is 1.55 bits per heavy atom. The zero-order chi connectivity index (χ0) is 54.8. The first-order chi connectivity index (χ1) is 36.3. The van der Waals surface area contributed by atoms with Gasteiger partial charge in [-0.3, -0.25) is 14.4 Å². The summed E-state index contributed by atoms with van der Waals surface area (Å²) in [5, 5.41) is 19.9. The topological polar surface area (TPSA) is 193 Å². The minimum absolute atomic E-state index is 0.0440. The summed E-state index contributed by atoms with van der Waals surface area (Å²) in [4.78, 5) is 51.2. The molecule has 0 radical (unpaired) electrons. The van der Waals surface area contributed by atoms with Gasteiger partial charge in [0.2, 0.25) is 12.3 Å². The van der Waals surface area contributed by atoms with E-state index < -0.39 is 6.10 Å². The van der Waals surface area contributed by atoms with Crippen molar-refractivity contribution in [2.45, 2.75) is 124 Å². The number of unbranched alkanes of at least 4 members (excludes halogenated alkanes) is 5. The number of aldehydes is 2. The van der Waals surface area contributed by atoms with Gasteiger partial charge in [0.1, 0.15) is 18.3 Å². The van der Waals surface area contributed by atoms with Crippen molar-refractivity contribution in [1.82, 2.24) is 25.7 Å². The number of aryl methyl sites for hydroxylation is 2. The molecular weight excluding hydrogens is 986 g/mol. The number of aliphatic hydroxyl groups excluding tert-OH is 1. The number of benzene rings is 4. The lowest BCUT2D eigenvalue weighted by Gasteiger charge is -2.34. The van der Waals surface area contributed by atoms with E-state index in [1.54, 1.807) is 46.6 Å². The molecule has 1 saturated heterocycles. The number of carbonyl (C=O) groups excluding carboxylic acids is 4. The number of nitrogens with one attached hydrogen (secondary N) is 2. The minimum atomic E-state index is -0.402. The molecule has 75 heavy (non-hydrogen) atoms. The van der Waals surface area contributed by atoms with Gasteiger partial charge in [0.25, 0.3) is 5.88 Å². The first kappa shape index (κ1) is 62.9. The highest BCUT2D eigenvalue weighted by molar-refractivity contribution is 7.13. The lowest BCUT2D eigenvalue weighted by molar-refractivity contribution is -0.130. The van der Waals surface area contributed by atoms with Gasteiger partial charge in [0.15, 0.2) is 0 Å². The molecule has 4 aromatic carbocycles. The van der Waals surface area contributed by atoms with Crippen molar-refractivity contribution < 1.29 is 33.5 Å². The van der Waals surface area contributed by atoms with Crippen LogP contribution in [0.15, 0.2) is 107 Å². The van der Waals surface area contributed by atoms with Crippen molar-refractivity contribution in [2.24, 2.45) is 0 Å². The van der Waals surface area contributed by atoms with Crippen LogP contribution in [0.3, 0.4) is 0 Å². The average Bonchev–Trinajstić information content (AvgIpc) is 4.19. The summed E-state index contributed by atoms with van der Waals surface area (Å²) in [5.74, 6) is 0.904. The van der Waals surface area contributed by atoms with E-state index in [-0.39, 0.29) is 12.3 Å². The van der Waals surface area contributed by atoms with Crippen molar-refractivity contribution in [3.63, 3.8) is 0 Å². The summed E-state index contributed by atoms with van der Waals surface area (Å²) < 4.78 is 10.7. The number of thiazole rings is 1. The van der Waals surface area contributed by atoms with Crippen LogP contribution in [0.1, 0.15) is 118 Å². The maximum atomic E-state index is 12.1. The number of nitrogens with zero attached hydrogens (tertiary/aromatic N) is 4. The van der Waals surface area contributed by atoms with Crippen molar-refractivity contribution in [1.29, 1.82) is 0 Å². The first-order valence-electron chi connectivity index (χ1n) is 26.0. The van der Waals surface area contributed by atoms with E-state index in [1.165, 1.54) is 78.3 Å². The van der Waals surface area contributed by atoms with Crippen LogP contribution >= 0.6 is 22.9 Å². The molecule has 2 aliphatic heterocycles. The second-order valence-corrected chi connectivity index (χ2v) is 19.5. The number of β-amino-alcohol motifs (C(OH)–C–C–N with tert-alkyl or cyclic N) is 1. The van der Waals surface area contributed by atoms with E-state index in [2.05, 4.69) is 83.8 Å². The number of rotatable bonds is 18. The number of amides is 2. The Balaban J connectivity index is 0.000000266. The molecular formula is C59H80ClN7O7S. The van der Waals surface area contributed by atoms with Crippen molar-refractivity contribution in [2.75, 3.05) is 51.0 Å². The lowest BCUT2D eigenvalue weighted by Crippen LogP contribution is -2.33. The highest BCUT2D eigenvalue weighted by atomic mass is 35.5. The summed E-state index contributed by atoms with van der Waals surface area (Å²) in [5.41, 5.74) is 17.2. The van der Waals surface area contributed by atoms with E-state index >= 15 is 0 Å². The van der Waals surface area contributed by atoms with Gasteiger partial charge in [-0.15, -0.1) is 11.3 Å². The molecule has 406 valence electrons. The molecule has 2 aromatic heterocycles. The molecule has 0 saturated carbocycles. The number of hydrogen-bond acceptors (Lipinski definition) is 13. The van der Waals surface area contributed by atoms with Gasteiger partial charge in [0.05, 0.1) is 35.2 Å². The molecule has 6 aromatic rings. The van der Waals surface area contributed by atoms with Crippen molar-refractivity contribution in [3.05, 3.63) is 136 Å². The Morgan fingerprint density at radius 3 is 2.13 bits per heavy atom. The monoisotopic (exact) mass is 1070 g/mol. The molecule has 0 spiro atoms. The minimum Gasteiger partial charge on any atom is -0.476 e. The fourth-order valence-electron chi connectivity index (χ4n) is 7.80. The number of aromatic nitrogens is 2. The second kappa shape index (κ2) is 36.5. The molecule has 14 nitrogen and oxygen atoms in total. The van der Waals surface area contributed by atoms with Gasteiger partial charge >= 0.3 is 0 Å². The fourth-order valence-corrected chi connectivity index (χ4v) is 8.73. The lowest BCUT2D eigenvalue weighted by atomic mass is 9.93. The highest BCUT2D eigenvalue weighted by Gasteiger charge is 2.25. The van der Waals surface area contributed by atoms with Crippen molar-refractivity contribution >= 4 is 59.2 Å². The Hall–Kier alpha value is -6.39. The Bertz CT molecular complexity index is 2500. The van der Waals surface area contributed by atoms with Gasteiger partial charge in [-0.25, -0.2) is 4.98 Å². The molecule has 2 aliphatic rings. The van der Waals surface area contributed by atoms with E-state index in [9.17, 15) is 19.5 Å². The number of anilines is 2. The van der Waals surface area contributed by atoms with Crippen LogP contribution in [0.5, 0.6) is 5.88 Å². The SMILES string of the molecule is CC=O.CCC.CNCCCCCCCCOc1cc(CC(=O)N2CCC(O)C2)on1.C[C@H]1CCc2cc(-c3ccc(C=O)cc3)ccc2N1C.Cc1ncsc1-c1ccc(CNC=O)cc1.Nc1ccc(Cl)cc1. The van der Waals surface area contributed by atoms with Gasteiger partial charge in [-0.2, -0.15) is 0 Å². The average molecular weight is 1070 g/mol. The van der Waals surface area contributed by atoms with Crippen molar-refractivity contribution in [3.8, 4) is 27.4 Å². The molecule has 0 aliphatic carbocycles. The van der Waals surface area contributed by atoms with Crippen LogP contribution < -0.4 is 26.0 Å². The predicted molar refractivity (Wildman–Crippen MR) is 307 cm³/mol. The number of nitrogens with two attached hydrogens (primary N) is 1. The third-order valence-corrected chi connectivity index (χ3v) is 13.2. The number of ether oxygens (including phenoxy) is 1. The van der Waals surface area contributed by atoms with Crippen LogP contribution in [0.4, 0.5) is 11.4 Å². The normalized spacial score (nSPS) is 14.0. The summed E-state index contributed by atoms with van der Waals surface area (Å²) in [6.07, 6.45) is 13.5. The molecule has 4 heterocycles. The molecule has 2 amide bonds. The van der Waals surface area contributed by atoms with Gasteiger partial charge in [-0.1, -0.05) is 112 Å². The van der Waals surface area contributed by atoms with Crippen LogP contribution in [0, 0.1) is 6.92 Å². The second-order valence-electron chi connectivity index (χ2n) is 18.2. The van der Waals surface area contributed by atoms with Crippen LogP contribution in [-0.4, -0.2) is 97.5 Å². The largest absolute Gasteiger partial charge is 0.476 e. The van der Waals surface area contributed by atoms with E-state index in [0.29, 0.717) is 56.8 Å². The van der Waals surface area contributed by atoms with Gasteiger partial charge in [-0.05, 0) is 136 Å². The number of aliphatic hydroxyl groups is 1. The number of carbonyl (C=O) groups is 4. The van der Waals surface area contributed by atoms with Crippen LogP contribution in [-0.2, 0) is 33.8 Å². The Morgan fingerprint density at radius 1 is 0.907 bits per heavy atom. The summed E-state index contributed by atoms with van der Waals surface area (Å²) in [6.45, 7) is 13.3. The van der Waals surface area contributed by atoms with Crippen LogP contribution in [0.2, 0.25) is 5.02 Å². The predicted octanol–water partition coefficient (Wildman–Crippen LogP) is 11.6. The maximum Gasteiger partial charge on any atom is 0.254 e. The number of halogens is 1. The Labute approximate surface area is 454 Å². The molecule has 0 bridgehead atoms. The smallest absolute Gasteiger partial charge is 0.254 e. The van der Waals surface area contributed by atoms with Gasteiger partial charge in [0, 0.05) is 60.8 Å². The molecule has 5 N–H and O–H groups in total. The zero-order valence-electron chi connectivity index (χ0n) is 45.1. The van der Waals surface area contributed by atoms with Gasteiger partial charge < -0.3 is 45.3 Å². The molecule has 8 rings (SSSR count). The number of hydrogen-bond donors (Lipinski definition) is 4. The van der Waals surface area contributed by atoms with E-state index in [4.69, 9.17) is 31.4 Å². The standard InChI is InChI=1S/C18H31N3O4.C18H19NO.C12H12N2OS.C6H6ClN.C3H8.C2H4O/c1-19-9-6-4-2-3-5-7-11-24-17-12-16(25-20-17)13-18(23)21-10-8-15(22)14-21;1-13-3-6-17-11-16(9-10-18(17)19(13)2)15-7-4-14(12-20)5-8-15;1-9-12(16-8-14-9)11-4-2-10(3-5-11)6-13-7-15;7-5-1-3-6(8)4-2-5;1-3-2;1-2-3/h12,15,19,22H,2-11,13-14H2,1H3;4-5,7-13H,3,6H2,1-2H3;2-5,7-8H,6H2,1H3,(H,13,15);1-4H,8H2;3H2,1-2H3;2H,1H3/t;13-;;;;/m.0..../s1. The van der Waals surface area contributed by atoms with Crippen LogP contribution in [0.25, 0.3) is 21.6 Å².